The molecule has 0 bridgehead atoms. The van der Waals surface area contributed by atoms with Crippen LogP contribution < -0.4 is 10.5 Å². The second-order valence-corrected chi connectivity index (χ2v) is 6.52. The molecule has 0 amide bonds. The highest BCUT2D eigenvalue weighted by Crippen LogP contribution is 2.38. The molecule has 1 unspecified atom stereocenters. The molecule has 1 atom stereocenters. The van der Waals surface area contributed by atoms with Gasteiger partial charge in [-0.2, -0.15) is 0 Å². The Morgan fingerprint density at radius 1 is 1.26 bits per heavy atom. The van der Waals surface area contributed by atoms with Gasteiger partial charge in [0.2, 0.25) is 0 Å². The Morgan fingerprint density at radius 2 is 2.00 bits per heavy atom. The van der Waals surface area contributed by atoms with Crippen LogP contribution in [-0.4, -0.2) is 6.61 Å². The number of aryl methyl sites for hydroxylation is 1. The number of hydrogen-bond acceptors (Lipinski definition) is 3. The fraction of sp³-hybridized carbons (Fsp3) is 0.286. The monoisotopic (exact) mass is 315 g/mol. The van der Waals surface area contributed by atoms with E-state index in [1.807, 2.05) is 38.1 Å². The fourth-order valence-corrected chi connectivity index (χ4v) is 3.48. The van der Waals surface area contributed by atoms with Crippen molar-refractivity contribution < 1.29 is 4.74 Å². The average Bonchev–Trinajstić information content (AvgIpc) is 2.70. The number of benzene rings is 1. The van der Waals surface area contributed by atoms with Crippen LogP contribution in [-0.2, 0) is 0 Å². The molecule has 0 aliphatic heterocycles. The maximum absolute atomic E-state index is 6.31. The molecule has 0 aliphatic rings. The number of thiophene rings is 1. The summed E-state index contributed by atoms with van der Waals surface area (Å²) in [4.78, 5) is 0. The summed E-state index contributed by atoms with van der Waals surface area (Å²) in [7, 11) is 0. The van der Waals surface area contributed by atoms with E-state index in [2.05, 4.69) is 0 Å². The lowest BCUT2D eigenvalue weighted by Crippen LogP contribution is -2.13. The maximum atomic E-state index is 6.31. The minimum Gasteiger partial charge on any atom is -0.494 e. The lowest BCUT2D eigenvalue weighted by atomic mass is 9.99. The Labute approximate surface area is 127 Å². The summed E-state index contributed by atoms with van der Waals surface area (Å²) in [5.41, 5.74) is 9.21. The van der Waals surface area contributed by atoms with Crippen LogP contribution in [0.4, 0.5) is 0 Å². The number of nitrogens with two attached hydrogens (primary N) is 1. The van der Waals surface area contributed by atoms with Crippen LogP contribution in [0.3, 0.4) is 0 Å². The molecule has 0 saturated carbocycles. The predicted molar refractivity (Wildman–Crippen MR) is 82.7 cm³/mol. The molecule has 1 heterocycles. The van der Waals surface area contributed by atoms with Crippen molar-refractivity contribution in [2.24, 2.45) is 5.73 Å². The first-order valence-corrected chi connectivity index (χ1v) is 7.53. The van der Waals surface area contributed by atoms with Crippen LogP contribution in [0.5, 0.6) is 5.75 Å². The molecule has 2 aromatic rings. The molecule has 0 fully saturated rings. The van der Waals surface area contributed by atoms with Gasteiger partial charge in [0.05, 0.1) is 21.3 Å². The highest BCUT2D eigenvalue weighted by Gasteiger charge is 2.19. The summed E-state index contributed by atoms with van der Waals surface area (Å²) in [5, 5.41) is 0. The Hall–Kier alpha value is -0.740. The van der Waals surface area contributed by atoms with Crippen molar-refractivity contribution in [2.45, 2.75) is 19.9 Å². The molecule has 0 aliphatic carbocycles. The molecule has 19 heavy (non-hydrogen) atoms. The summed E-state index contributed by atoms with van der Waals surface area (Å²) < 4.78 is 6.89. The van der Waals surface area contributed by atoms with Crippen LogP contribution in [0.1, 0.15) is 29.7 Å². The van der Waals surface area contributed by atoms with Crippen molar-refractivity contribution in [3.63, 3.8) is 0 Å². The van der Waals surface area contributed by atoms with E-state index in [9.17, 15) is 0 Å². The molecule has 2 nitrogen and oxygen atoms in total. The van der Waals surface area contributed by atoms with Gasteiger partial charge in [0.15, 0.2) is 0 Å². The number of ether oxygens (including phenoxy) is 1. The van der Waals surface area contributed by atoms with Gasteiger partial charge in [0.1, 0.15) is 5.75 Å². The Bertz CT molecular complexity index is 583. The Morgan fingerprint density at radius 3 is 2.58 bits per heavy atom. The smallest absolute Gasteiger partial charge is 0.124 e. The molecular formula is C14H15Cl2NOS. The van der Waals surface area contributed by atoms with Gasteiger partial charge in [-0.15, -0.1) is 11.3 Å². The first-order valence-electron chi connectivity index (χ1n) is 5.96. The van der Waals surface area contributed by atoms with E-state index in [0.717, 1.165) is 22.4 Å². The molecule has 2 rings (SSSR count). The van der Waals surface area contributed by atoms with Gasteiger partial charge in [-0.3, -0.25) is 0 Å². The van der Waals surface area contributed by atoms with Gasteiger partial charge < -0.3 is 10.5 Å². The molecule has 102 valence electrons. The van der Waals surface area contributed by atoms with Gasteiger partial charge in [-0.25, -0.2) is 0 Å². The standard InChI is InChI=1S/C14H15Cl2NOS/c1-3-18-11-5-4-8(2)6-9(11)13(17)10-7-12(15)19-14(10)16/h4-7,13H,3,17H2,1-2H3. The maximum Gasteiger partial charge on any atom is 0.124 e. The fourth-order valence-electron chi connectivity index (χ4n) is 1.93. The summed E-state index contributed by atoms with van der Waals surface area (Å²) in [5.74, 6) is 0.791. The van der Waals surface area contributed by atoms with Gasteiger partial charge in [0, 0.05) is 11.1 Å². The third-order valence-corrected chi connectivity index (χ3v) is 4.34. The van der Waals surface area contributed by atoms with Gasteiger partial charge in [0.25, 0.3) is 0 Å². The minimum atomic E-state index is -0.335. The van der Waals surface area contributed by atoms with Gasteiger partial charge in [-0.1, -0.05) is 40.9 Å². The first-order chi connectivity index (χ1) is 9.02. The van der Waals surface area contributed by atoms with E-state index in [4.69, 9.17) is 33.7 Å². The van der Waals surface area contributed by atoms with E-state index < -0.39 is 0 Å². The molecular weight excluding hydrogens is 301 g/mol. The van der Waals surface area contributed by atoms with Gasteiger partial charge in [-0.05, 0) is 26.0 Å². The van der Waals surface area contributed by atoms with Crippen molar-refractivity contribution in [3.8, 4) is 5.75 Å². The largest absolute Gasteiger partial charge is 0.494 e. The zero-order valence-electron chi connectivity index (χ0n) is 10.7. The predicted octanol–water partition coefficient (Wildman–Crippen LogP) is 4.81. The lowest BCUT2D eigenvalue weighted by molar-refractivity contribution is 0.335. The normalized spacial score (nSPS) is 12.5. The molecule has 1 aromatic carbocycles. The minimum absolute atomic E-state index is 0.335. The van der Waals surface area contributed by atoms with Crippen molar-refractivity contribution in [3.05, 3.63) is 49.6 Å². The quantitative estimate of drug-likeness (QED) is 0.878. The van der Waals surface area contributed by atoms with Gasteiger partial charge >= 0.3 is 0 Å². The second kappa shape index (κ2) is 6.14. The summed E-state index contributed by atoms with van der Waals surface area (Å²) >= 11 is 13.5. The highest BCUT2D eigenvalue weighted by molar-refractivity contribution is 7.20. The summed E-state index contributed by atoms with van der Waals surface area (Å²) in [6.45, 7) is 4.57. The first kappa shape index (κ1) is 14.7. The van der Waals surface area contributed by atoms with Crippen LogP contribution in [0.15, 0.2) is 24.3 Å². The topological polar surface area (TPSA) is 35.2 Å². The van der Waals surface area contributed by atoms with Crippen LogP contribution in [0.2, 0.25) is 8.67 Å². The molecule has 1 aromatic heterocycles. The van der Waals surface area contributed by atoms with Crippen LogP contribution in [0, 0.1) is 6.92 Å². The second-order valence-electron chi connectivity index (χ2n) is 4.23. The number of rotatable bonds is 4. The zero-order valence-corrected chi connectivity index (χ0v) is 13.1. The van der Waals surface area contributed by atoms with E-state index in [1.165, 1.54) is 11.3 Å². The lowest BCUT2D eigenvalue weighted by Gasteiger charge is -2.17. The van der Waals surface area contributed by atoms with E-state index in [0.29, 0.717) is 15.3 Å². The molecule has 0 radical (unpaired) electrons. The zero-order chi connectivity index (χ0) is 14.0. The average molecular weight is 316 g/mol. The van der Waals surface area contributed by atoms with Crippen LogP contribution >= 0.6 is 34.5 Å². The van der Waals surface area contributed by atoms with Crippen LogP contribution in [0.25, 0.3) is 0 Å². The van der Waals surface area contributed by atoms with E-state index >= 15 is 0 Å². The van der Waals surface area contributed by atoms with Crippen molar-refractivity contribution in [2.75, 3.05) is 6.61 Å². The number of hydrogen-bond donors (Lipinski definition) is 1. The van der Waals surface area contributed by atoms with Crippen molar-refractivity contribution >= 4 is 34.5 Å². The van der Waals surface area contributed by atoms with E-state index in [1.54, 1.807) is 0 Å². The highest BCUT2D eigenvalue weighted by atomic mass is 35.5. The Kier molecular flexibility index (Phi) is 4.74. The third kappa shape index (κ3) is 3.23. The Balaban J connectivity index is 2.45. The van der Waals surface area contributed by atoms with E-state index in [-0.39, 0.29) is 6.04 Å². The van der Waals surface area contributed by atoms with Crippen molar-refractivity contribution in [1.82, 2.24) is 0 Å². The summed E-state index contributed by atoms with van der Waals surface area (Å²) in [6, 6.07) is 7.45. The molecule has 5 heteroatoms. The van der Waals surface area contributed by atoms with Crippen molar-refractivity contribution in [1.29, 1.82) is 0 Å². The molecule has 2 N–H and O–H groups in total. The summed E-state index contributed by atoms with van der Waals surface area (Å²) in [6.07, 6.45) is 0. The number of halogens is 2. The SMILES string of the molecule is CCOc1ccc(C)cc1C(N)c1cc(Cl)sc1Cl. The molecule has 0 saturated heterocycles. The molecule has 0 spiro atoms. The third-order valence-electron chi connectivity index (χ3n) is 2.82.